The predicted molar refractivity (Wildman–Crippen MR) is 72.1 cm³/mol. The van der Waals surface area contributed by atoms with Gasteiger partial charge in [-0.15, -0.1) is 0 Å². The standard InChI is InChI=1S/C13H16BrFN2O/c1-9-8-16(2)5-6-17(9)13(18)10-3-4-12(15)11(14)7-10/h3-4,7,9H,5-6,8H2,1-2H3/t9-/m0/s1. The summed E-state index contributed by atoms with van der Waals surface area (Å²) >= 11 is 3.11. The van der Waals surface area contributed by atoms with Crippen molar-refractivity contribution in [2.75, 3.05) is 26.7 Å². The molecule has 1 fully saturated rings. The molecule has 1 amide bonds. The van der Waals surface area contributed by atoms with Gasteiger partial charge < -0.3 is 9.80 Å². The number of halogens is 2. The van der Waals surface area contributed by atoms with Crippen LogP contribution < -0.4 is 0 Å². The Kier molecular flexibility index (Phi) is 4.02. The molecule has 3 nitrogen and oxygen atoms in total. The van der Waals surface area contributed by atoms with Crippen molar-refractivity contribution in [2.45, 2.75) is 13.0 Å². The zero-order chi connectivity index (χ0) is 13.3. The van der Waals surface area contributed by atoms with Crippen molar-refractivity contribution >= 4 is 21.8 Å². The van der Waals surface area contributed by atoms with Crippen molar-refractivity contribution in [1.29, 1.82) is 0 Å². The highest BCUT2D eigenvalue weighted by Crippen LogP contribution is 2.19. The highest BCUT2D eigenvalue weighted by molar-refractivity contribution is 9.10. The van der Waals surface area contributed by atoms with Crippen LogP contribution in [0.1, 0.15) is 17.3 Å². The van der Waals surface area contributed by atoms with E-state index in [4.69, 9.17) is 0 Å². The number of likely N-dealkylation sites (N-methyl/N-ethyl adjacent to an activating group) is 1. The summed E-state index contributed by atoms with van der Waals surface area (Å²) in [5.41, 5.74) is 0.527. The van der Waals surface area contributed by atoms with Crippen molar-refractivity contribution < 1.29 is 9.18 Å². The molecule has 1 aromatic carbocycles. The van der Waals surface area contributed by atoms with Crippen LogP contribution in [0.2, 0.25) is 0 Å². The lowest BCUT2D eigenvalue weighted by molar-refractivity contribution is 0.0533. The topological polar surface area (TPSA) is 23.6 Å². The van der Waals surface area contributed by atoms with Crippen LogP contribution in [0.15, 0.2) is 22.7 Å². The first-order valence-electron chi connectivity index (χ1n) is 5.93. The van der Waals surface area contributed by atoms with Gasteiger partial charge in [0.15, 0.2) is 0 Å². The van der Waals surface area contributed by atoms with Crippen LogP contribution in [0.4, 0.5) is 4.39 Å². The SMILES string of the molecule is C[C@H]1CN(C)CCN1C(=O)c1ccc(F)c(Br)c1. The number of hydrogen-bond donors (Lipinski definition) is 0. The molecule has 5 heteroatoms. The molecule has 98 valence electrons. The number of piperazine rings is 1. The maximum Gasteiger partial charge on any atom is 0.254 e. The molecule has 0 saturated carbocycles. The third-order valence-corrected chi connectivity index (χ3v) is 3.87. The first-order valence-corrected chi connectivity index (χ1v) is 6.73. The van der Waals surface area contributed by atoms with E-state index >= 15 is 0 Å². The van der Waals surface area contributed by atoms with E-state index in [9.17, 15) is 9.18 Å². The number of amides is 1. The minimum atomic E-state index is -0.349. The van der Waals surface area contributed by atoms with Gasteiger partial charge in [-0.3, -0.25) is 4.79 Å². The number of rotatable bonds is 1. The summed E-state index contributed by atoms with van der Waals surface area (Å²) in [5.74, 6) is -0.380. The zero-order valence-electron chi connectivity index (χ0n) is 10.5. The number of hydrogen-bond acceptors (Lipinski definition) is 2. The van der Waals surface area contributed by atoms with Gasteiger partial charge in [0.2, 0.25) is 0 Å². The number of carbonyl (C=O) groups excluding carboxylic acids is 1. The zero-order valence-corrected chi connectivity index (χ0v) is 12.1. The second kappa shape index (κ2) is 5.36. The average molecular weight is 315 g/mol. The van der Waals surface area contributed by atoms with Crippen molar-refractivity contribution in [3.05, 3.63) is 34.1 Å². The molecule has 1 aliphatic rings. The summed E-state index contributed by atoms with van der Waals surface area (Å²) in [7, 11) is 2.05. The van der Waals surface area contributed by atoms with Gasteiger partial charge in [-0.05, 0) is 48.1 Å². The van der Waals surface area contributed by atoms with Crippen molar-refractivity contribution in [3.8, 4) is 0 Å². The van der Waals surface area contributed by atoms with Crippen LogP contribution in [0.3, 0.4) is 0 Å². The molecule has 1 heterocycles. The number of carbonyl (C=O) groups is 1. The van der Waals surface area contributed by atoms with E-state index in [1.807, 2.05) is 18.9 Å². The van der Waals surface area contributed by atoms with Crippen LogP contribution >= 0.6 is 15.9 Å². The van der Waals surface area contributed by atoms with Crippen molar-refractivity contribution in [1.82, 2.24) is 9.80 Å². The third kappa shape index (κ3) is 2.72. The fourth-order valence-electron chi connectivity index (χ4n) is 2.24. The molecule has 0 unspecified atom stereocenters. The van der Waals surface area contributed by atoms with Crippen LogP contribution in [0, 0.1) is 5.82 Å². The highest BCUT2D eigenvalue weighted by atomic mass is 79.9. The van der Waals surface area contributed by atoms with E-state index in [1.165, 1.54) is 12.1 Å². The van der Waals surface area contributed by atoms with Gasteiger partial charge in [-0.25, -0.2) is 4.39 Å². The summed E-state index contributed by atoms with van der Waals surface area (Å²) in [5, 5.41) is 0. The fourth-order valence-corrected chi connectivity index (χ4v) is 2.62. The summed E-state index contributed by atoms with van der Waals surface area (Å²) in [6.07, 6.45) is 0. The Morgan fingerprint density at radius 1 is 1.44 bits per heavy atom. The Morgan fingerprint density at radius 3 is 2.78 bits per heavy atom. The molecule has 18 heavy (non-hydrogen) atoms. The molecular weight excluding hydrogens is 299 g/mol. The maximum atomic E-state index is 13.2. The van der Waals surface area contributed by atoms with Gasteiger partial charge in [0.1, 0.15) is 5.82 Å². The highest BCUT2D eigenvalue weighted by Gasteiger charge is 2.26. The third-order valence-electron chi connectivity index (χ3n) is 3.26. The molecule has 1 saturated heterocycles. The Morgan fingerprint density at radius 2 is 2.17 bits per heavy atom. The minimum Gasteiger partial charge on any atom is -0.333 e. The van der Waals surface area contributed by atoms with Gasteiger partial charge in [0.05, 0.1) is 4.47 Å². The smallest absolute Gasteiger partial charge is 0.254 e. The molecule has 1 atom stereocenters. The average Bonchev–Trinajstić information content (AvgIpc) is 2.32. The van der Waals surface area contributed by atoms with Crippen LogP contribution in [0.5, 0.6) is 0 Å². The molecular formula is C13H16BrFN2O. The number of nitrogens with zero attached hydrogens (tertiary/aromatic N) is 2. The van der Waals surface area contributed by atoms with Gasteiger partial charge in [0, 0.05) is 31.2 Å². The summed E-state index contributed by atoms with van der Waals surface area (Å²) < 4.78 is 13.5. The molecule has 0 spiro atoms. The Labute approximate surface area is 115 Å². The summed E-state index contributed by atoms with van der Waals surface area (Å²) in [6, 6.07) is 4.58. The Balaban J connectivity index is 2.18. The quantitative estimate of drug-likeness (QED) is 0.794. The van der Waals surface area contributed by atoms with Crippen molar-refractivity contribution in [3.63, 3.8) is 0 Å². The second-order valence-electron chi connectivity index (χ2n) is 4.74. The maximum absolute atomic E-state index is 13.2. The minimum absolute atomic E-state index is 0.0312. The molecule has 2 rings (SSSR count). The fraction of sp³-hybridized carbons (Fsp3) is 0.462. The van der Waals surface area contributed by atoms with Crippen LogP contribution in [-0.2, 0) is 0 Å². The first kappa shape index (κ1) is 13.5. The van der Waals surface area contributed by atoms with Gasteiger partial charge in [0.25, 0.3) is 5.91 Å². The second-order valence-corrected chi connectivity index (χ2v) is 5.59. The summed E-state index contributed by atoms with van der Waals surface area (Å²) in [6.45, 7) is 4.49. The lowest BCUT2D eigenvalue weighted by Gasteiger charge is -2.38. The van der Waals surface area contributed by atoms with Gasteiger partial charge in [-0.2, -0.15) is 0 Å². The van der Waals surface area contributed by atoms with Crippen LogP contribution in [-0.4, -0.2) is 48.4 Å². The molecule has 0 radical (unpaired) electrons. The molecule has 1 aliphatic heterocycles. The Hall–Kier alpha value is -0.940. The molecule has 0 aliphatic carbocycles. The predicted octanol–water partition coefficient (Wildman–Crippen LogP) is 2.36. The van der Waals surface area contributed by atoms with E-state index in [0.29, 0.717) is 16.6 Å². The number of benzene rings is 1. The summed E-state index contributed by atoms with van der Waals surface area (Å²) in [4.78, 5) is 16.4. The van der Waals surface area contributed by atoms with E-state index in [-0.39, 0.29) is 17.8 Å². The van der Waals surface area contributed by atoms with E-state index in [1.54, 1.807) is 6.07 Å². The van der Waals surface area contributed by atoms with Crippen LogP contribution in [0.25, 0.3) is 0 Å². The molecule has 0 N–H and O–H groups in total. The molecule has 0 bridgehead atoms. The molecule has 0 aromatic heterocycles. The van der Waals surface area contributed by atoms with E-state index in [0.717, 1.165) is 13.1 Å². The molecule has 1 aromatic rings. The van der Waals surface area contributed by atoms with Gasteiger partial charge in [-0.1, -0.05) is 0 Å². The van der Waals surface area contributed by atoms with E-state index < -0.39 is 0 Å². The van der Waals surface area contributed by atoms with Gasteiger partial charge >= 0.3 is 0 Å². The monoisotopic (exact) mass is 314 g/mol. The first-order chi connectivity index (χ1) is 8.49. The van der Waals surface area contributed by atoms with E-state index in [2.05, 4.69) is 20.8 Å². The largest absolute Gasteiger partial charge is 0.333 e. The lowest BCUT2D eigenvalue weighted by Crippen LogP contribution is -2.52. The van der Waals surface area contributed by atoms with Crippen molar-refractivity contribution in [2.24, 2.45) is 0 Å². The lowest BCUT2D eigenvalue weighted by atomic mass is 10.1. The Bertz CT molecular complexity index is 466. The normalized spacial score (nSPS) is 21.1.